The molecule has 0 spiro atoms. The molecule has 1 unspecified atom stereocenters. The highest BCUT2D eigenvalue weighted by Gasteiger charge is 2.09. The van der Waals surface area contributed by atoms with Crippen molar-refractivity contribution < 1.29 is 0 Å². The minimum absolute atomic E-state index is 0.259. The van der Waals surface area contributed by atoms with E-state index in [0.29, 0.717) is 0 Å². The van der Waals surface area contributed by atoms with Gasteiger partial charge in [-0.15, -0.1) is 0 Å². The van der Waals surface area contributed by atoms with Gasteiger partial charge in [0.2, 0.25) is 0 Å². The van der Waals surface area contributed by atoms with Gasteiger partial charge in [0.05, 0.1) is 11.1 Å². The average molecular weight is 364 g/mol. The standard InChI is InChI=1S/C14H19ClIN/c1-4-7-17-14(8-10(2)3)11-5-6-13(16)12(15)9-11/h5-6,8-9,14,17H,4,7H2,1-3H3. The number of halogens is 2. The lowest BCUT2D eigenvalue weighted by Gasteiger charge is -2.16. The first-order valence-corrected chi connectivity index (χ1v) is 7.33. The Balaban J connectivity index is 2.95. The third-order valence-electron chi connectivity index (χ3n) is 2.42. The Morgan fingerprint density at radius 1 is 1.47 bits per heavy atom. The topological polar surface area (TPSA) is 12.0 Å². The van der Waals surface area contributed by atoms with Gasteiger partial charge in [0, 0.05) is 3.57 Å². The van der Waals surface area contributed by atoms with Gasteiger partial charge >= 0.3 is 0 Å². The van der Waals surface area contributed by atoms with Gasteiger partial charge in [-0.1, -0.05) is 36.2 Å². The van der Waals surface area contributed by atoms with E-state index in [4.69, 9.17) is 11.6 Å². The Morgan fingerprint density at radius 3 is 2.71 bits per heavy atom. The molecular weight excluding hydrogens is 345 g/mol. The van der Waals surface area contributed by atoms with Gasteiger partial charge in [-0.3, -0.25) is 0 Å². The molecule has 0 saturated heterocycles. The van der Waals surface area contributed by atoms with Crippen LogP contribution in [0.1, 0.15) is 38.8 Å². The van der Waals surface area contributed by atoms with E-state index in [1.807, 2.05) is 0 Å². The lowest BCUT2D eigenvalue weighted by molar-refractivity contribution is 0.610. The second-order valence-corrected chi connectivity index (χ2v) is 5.92. The summed E-state index contributed by atoms with van der Waals surface area (Å²) >= 11 is 8.42. The number of benzene rings is 1. The Kier molecular flexibility index (Phi) is 6.52. The van der Waals surface area contributed by atoms with Crippen LogP contribution < -0.4 is 5.32 Å². The molecule has 1 aromatic carbocycles. The van der Waals surface area contributed by atoms with Crippen molar-refractivity contribution in [2.24, 2.45) is 0 Å². The van der Waals surface area contributed by atoms with Crippen molar-refractivity contribution in [3.8, 4) is 0 Å². The number of hydrogen-bond acceptors (Lipinski definition) is 1. The molecule has 1 nitrogen and oxygen atoms in total. The van der Waals surface area contributed by atoms with E-state index >= 15 is 0 Å². The third-order valence-corrected chi connectivity index (χ3v) is 3.99. The lowest BCUT2D eigenvalue weighted by Crippen LogP contribution is -2.20. The van der Waals surface area contributed by atoms with Crippen molar-refractivity contribution in [2.45, 2.75) is 33.2 Å². The first kappa shape index (κ1) is 15.0. The van der Waals surface area contributed by atoms with Gasteiger partial charge in [0.25, 0.3) is 0 Å². The Labute approximate surface area is 123 Å². The van der Waals surface area contributed by atoms with Crippen LogP contribution >= 0.6 is 34.2 Å². The van der Waals surface area contributed by atoms with E-state index in [1.54, 1.807) is 0 Å². The second kappa shape index (κ2) is 7.39. The van der Waals surface area contributed by atoms with Crippen LogP contribution in [0, 0.1) is 3.57 Å². The van der Waals surface area contributed by atoms with Gasteiger partial charge in [-0.25, -0.2) is 0 Å². The van der Waals surface area contributed by atoms with Gasteiger partial charge in [0.15, 0.2) is 0 Å². The summed E-state index contributed by atoms with van der Waals surface area (Å²) in [5, 5.41) is 4.35. The minimum Gasteiger partial charge on any atom is -0.307 e. The van der Waals surface area contributed by atoms with E-state index < -0.39 is 0 Å². The van der Waals surface area contributed by atoms with Crippen LogP contribution in [-0.4, -0.2) is 6.54 Å². The first-order valence-electron chi connectivity index (χ1n) is 5.88. The number of rotatable bonds is 5. The molecule has 0 aromatic heterocycles. The minimum atomic E-state index is 0.259. The number of allylic oxidation sites excluding steroid dienone is 1. The summed E-state index contributed by atoms with van der Waals surface area (Å²) in [5.74, 6) is 0. The summed E-state index contributed by atoms with van der Waals surface area (Å²) in [5.41, 5.74) is 2.54. The van der Waals surface area contributed by atoms with Gasteiger partial charge in [-0.2, -0.15) is 0 Å². The van der Waals surface area contributed by atoms with Crippen molar-refractivity contribution in [2.75, 3.05) is 6.54 Å². The van der Waals surface area contributed by atoms with E-state index in [1.165, 1.54) is 11.1 Å². The molecule has 0 saturated carbocycles. The van der Waals surface area contributed by atoms with Crippen molar-refractivity contribution in [1.82, 2.24) is 5.32 Å². The zero-order chi connectivity index (χ0) is 12.8. The predicted octanol–water partition coefficient (Wildman–Crippen LogP) is 4.95. The van der Waals surface area contributed by atoms with Gasteiger partial charge < -0.3 is 5.32 Å². The fourth-order valence-corrected chi connectivity index (χ4v) is 2.14. The third kappa shape index (κ3) is 4.98. The molecule has 0 aliphatic heterocycles. The molecule has 0 aliphatic rings. The maximum Gasteiger partial charge on any atom is 0.0542 e. The zero-order valence-electron chi connectivity index (χ0n) is 10.6. The van der Waals surface area contributed by atoms with E-state index in [2.05, 4.69) is 73.0 Å². The summed E-state index contributed by atoms with van der Waals surface area (Å²) in [6.45, 7) is 7.43. The Morgan fingerprint density at radius 2 is 2.18 bits per heavy atom. The van der Waals surface area contributed by atoms with Crippen molar-refractivity contribution in [1.29, 1.82) is 0 Å². The average Bonchev–Trinajstić information content (AvgIpc) is 2.27. The second-order valence-electron chi connectivity index (χ2n) is 4.35. The zero-order valence-corrected chi connectivity index (χ0v) is 13.5. The number of hydrogen-bond donors (Lipinski definition) is 1. The van der Waals surface area contributed by atoms with E-state index in [-0.39, 0.29) is 6.04 Å². The summed E-state index contributed by atoms with van der Waals surface area (Å²) in [6, 6.07) is 6.52. The fraction of sp³-hybridized carbons (Fsp3) is 0.429. The number of nitrogens with one attached hydrogen (secondary N) is 1. The van der Waals surface area contributed by atoms with Crippen LogP contribution in [0.15, 0.2) is 29.8 Å². The molecule has 0 amide bonds. The molecule has 3 heteroatoms. The first-order chi connectivity index (χ1) is 8.04. The molecule has 94 valence electrons. The highest BCUT2D eigenvalue weighted by atomic mass is 127. The lowest BCUT2D eigenvalue weighted by atomic mass is 10.0. The smallest absolute Gasteiger partial charge is 0.0542 e. The van der Waals surface area contributed by atoms with E-state index in [0.717, 1.165) is 21.6 Å². The van der Waals surface area contributed by atoms with Crippen LogP contribution in [0.5, 0.6) is 0 Å². The van der Waals surface area contributed by atoms with E-state index in [9.17, 15) is 0 Å². The summed E-state index contributed by atoms with van der Waals surface area (Å²) in [6.07, 6.45) is 3.37. The van der Waals surface area contributed by atoms with Gasteiger partial charge in [0.1, 0.15) is 0 Å². The van der Waals surface area contributed by atoms with Crippen LogP contribution in [0.3, 0.4) is 0 Å². The summed E-state index contributed by atoms with van der Waals surface area (Å²) < 4.78 is 1.10. The summed E-state index contributed by atoms with van der Waals surface area (Å²) in [4.78, 5) is 0. The molecule has 1 aromatic rings. The maximum atomic E-state index is 6.17. The molecule has 0 heterocycles. The predicted molar refractivity (Wildman–Crippen MR) is 84.6 cm³/mol. The fourth-order valence-electron chi connectivity index (χ4n) is 1.61. The Bertz CT molecular complexity index is 397. The maximum absolute atomic E-state index is 6.17. The quantitative estimate of drug-likeness (QED) is 0.576. The molecular formula is C14H19ClIN. The largest absolute Gasteiger partial charge is 0.307 e. The highest BCUT2D eigenvalue weighted by Crippen LogP contribution is 2.24. The van der Waals surface area contributed by atoms with Gasteiger partial charge in [-0.05, 0) is 67.1 Å². The molecule has 1 rings (SSSR count). The van der Waals surface area contributed by atoms with Crippen molar-refractivity contribution in [3.63, 3.8) is 0 Å². The monoisotopic (exact) mass is 363 g/mol. The molecule has 0 radical (unpaired) electrons. The molecule has 1 atom stereocenters. The van der Waals surface area contributed by atoms with Crippen molar-refractivity contribution in [3.05, 3.63) is 44.0 Å². The Hall–Kier alpha value is -0.0600. The van der Waals surface area contributed by atoms with Crippen LogP contribution in [0.25, 0.3) is 0 Å². The van der Waals surface area contributed by atoms with Crippen molar-refractivity contribution >= 4 is 34.2 Å². The summed E-state index contributed by atoms with van der Waals surface area (Å²) in [7, 11) is 0. The SMILES string of the molecule is CCCNC(C=C(C)C)c1ccc(I)c(Cl)c1. The normalized spacial score (nSPS) is 12.3. The highest BCUT2D eigenvalue weighted by molar-refractivity contribution is 14.1. The molecule has 0 aliphatic carbocycles. The molecule has 0 fully saturated rings. The van der Waals surface area contributed by atoms with Crippen LogP contribution in [-0.2, 0) is 0 Å². The molecule has 1 N–H and O–H groups in total. The van der Waals surface area contributed by atoms with Crippen LogP contribution in [0.2, 0.25) is 5.02 Å². The van der Waals surface area contributed by atoms with Crippen LogP contribution in [0.4, 0.5) is 0 Å². The molecule has 17 heavy (non-hydrogen) atoms. The molecule has 0 bridgehead atoms.